The molecule has 2 nitrogen and oxygen atoms in total. The van der Waals surface area contributed by atoms with Crippen molar-refractivity contribution in [2.45, 2.75) is 44.6 Å². The van der Waals surface area contributed by atoms with Gasteiger partial charge in [0.2, 0.25) is 0 Å². The molecule has 2 aromatic rings. The summed E-state index contributed by atoms with van der Waals surface area (Å²) in [7, 11) is 0. The first-order chi connectivity index (χ1) is 11.4. The highest BCUT2D eigenvalue weighted by Gasteiger charge is 2.34. The zero-order chi connectivity index (χ0) is 17.2. The average molecular weight is 332 g/mol. The number of hydrogen-bond acceptors (Lipinski definition) is 2. The highest BCUT2D eigenvalue weighted by Crippen LogP contribution is 2.37. The lowest BCUT2D eigenvalue weighted by molar-refractivity contribution is -0.185. The standard InChI is InChI=1S/C20H22F2O2/c1-14-2-4-15(5-3-14)16-6-8-17(9-7-16)20(21,22)24-19-12-10-18(23)11-13-19/h6-15,23H,2-5H2,1H3. The summed E-state index contributed by atoms with van der Waals surface area (Å²) in [6.45, 7) is 2.26. The van der Waals surface area contributed by atoms with Crippen molar-refractivity contribution < 1.29 is 18.6 Å². The number of alkyl halides is 2. The second-order valence-electron chi connectivity index (χ2n) is 6.69. The highest BCUT2D eigenvalue weighted by molar-refractivity contribution is 5.32. The summed E-state index contributed by atoms with van der Waals surface area (Å²) in [4.78, 5) is 0. The minimum Gasteiger partial charge on any atom is -0.508 e. The Morgan fingerprint density at radius 1 is 0.917 bits per heavy atom. The number of halogens is 2. The number of phenols is 1. The van der Waals surface area contributed by atoms with Gasteiger partial charge < -0.3 is 9.84 Å². The molecule has 0 aromatic heterocycles. The van der Waals surface area contributed by atoms with Crippen molar-refractivity contribution in [3.05, 3.63) is 59.7 Å². The molecule has 0 heterocycles. The molecule has 1 aliphatic carbocycles. The molecule has 0 radical (unpaired) electrons. The maximum Gasteiger partial charge on any atom is 0.426 e. The Balaban J connectivity index is 1.70. The fourth-order valence-corrected chi connectivity index (χ4v) is 3.26. The van der Waals surface area contributed by atoms with E-state index in [2.05, 4.69) is 6.92 Å². The van der Waals surface area contributed by atoms with E-state index in [9.17, 15) is 13.9 Å². The van der Waals surface area contributed by atoms with Crippen LogP contribution >= 0.6 is 0 Å². The van der Waals surface area contributed by atoms with Crippen LogP contribution in [0.2, 0.25) is 0 Å². The van der Waals surface area contributed by atoms with Crippen LogP contribution in [0.4, 0.5) is 8.78 Å². The molecule has 1 N–H and O–H groups in total. The van der Waals surface area contributed by atoms with E-state index >= 15 is 0 Å². The first-order valence-corrected chi connectivity index (χ1v) is 8.40. The summed E-state index contributed by atoms with van der Waals surface area (Å²) in [5.41, 5.74) is 0.967. The van der Waals surface area contributed by atoms with E-state index in [0.717, 1.165) is 24.3 Å². The smallest absolute Gasteiger partial charge is 0.426 e. The van der Waals surface area contributed by atoms with Gasteiger partial charge in [0.05, 0.1) is 5.56 Å². The molecular formula is C20H22F2O2. The largest absolute Gasteiger partial charge is 0.508 e. The minimum absolute atomic E-state index is 0.0109. The van der Waals surface area contributed by atoms with Crippen molar-refractivity contribution in [3.63, 3.8) is 0 Å². The Bertz CT molecular complexity index is 657. The lowest BCUT2D eigenvalue weighted by atomic mass is 9.79. The molecule has 0 bridgehead atoms. The summed E-state index contributed by atoms with van der Waals surface area (Å²) in [5, 5.41) is 9.20. The van der Waals surface area contributed by atoms with Crippen LogP contribution in [0.15, 0.2) is 48.5 Å². The summed E-state index contributed by atoms with van der Waals surface area (Å²) >= 11 is 0. The first kappa shape index (κ1) is 16.7. The van der Waals surface area contributed by atoms with Crippen molar-refractivity contribution >= 4 is 0 Å². The van der Waals surface area contributed by atoms with Gasteiger partial charge in [-0.25, -0.2) is 0 Å². The van der Waals surface area contributed by atoms with Gasteiger partial charge in [-0.05, 0) is 66.6 Å². The van der Waals surface area contributed by atoms with Crippen LogP contribution in [-0.4, -0.2) is 5.11 Å². The van der Waals surface area contributed by atoms with Gasteiger partial charge in [0, 0.05) is 0 Å². The second kappa shape index (κ2) is 6.80. The Hall–Kier alpha value is -2.10. The van der Waals surface area contributed by atoms with Crippen LogP contribution < -0.4 is 4.74 Å². The molecule has 1 aliphatic rings. The summed E-state index contributed by atoms with van der Waals surface area (Å²) < 4.78 is 33.4. The number of rotatable bonds is 4. The monoisotopic (exact) mass is 332 g/mol. The van der Waals surface area contributed by atoms with Crippen LogP contribution in [0.3, 0.4) is 0 Å². The average Bonchev–Trinajstić information content (AvgIpc) is 2.58. The van der Waals surface area contributed by atoms with Crippen molar-refractivity contribution in [2.75, 3.05) is 0 Å². The third kappa shape index (κ3) is 3.86. The lowest BCUT2D eigenvalue weighted by Gasteiger charge is -2.27. The van der Waals surface area contributed by atoms with E-state index in [1.807, 2.05) is 0 Å². The second-order valence-corrected chi connectivity index (χ2v) is 6.69. The first-order valence-electron chi connectivity index (χ1n) is 8.40. The highest BCUT2D eigenvalue weighted by atomic mass is 19.3. The van der Waals surface area contributed by atoms with E-state index in [1.165, 1.54) is 49.2 Å². The molecule has 24 heavy (non-hydrogen) atoms. The molecule has 3 rings (SSSR count). The molecule has 0 amide bonds. The topological polar surface area (TPSA) is 29.5 Å². The predicted octanol–water partition coefficient (Wildman–Crippen LogP) is 5.81. The van der Waals surface area contributed by atoms with Gasteiger partial charge in [-0.1, -0.05) is 31.9 Å². The van der Waals surface area contributed by atoms with Gasteiger partial charge in [0.1, 0.15) is 11.5 Å². The summed E-state index contributed by atoms with van der Waals surface area (Å²) in [6, 6.07) is 11.8. The molecular weight excluding hydrogens is 310 g/mol. The van der Waals surface area contributed by atoms with Crippen LogP contribution in [-0.2, 0) is 6.11 Å². The van der Waals surface area contributed by atoms with Gasteiger partial charge in [-0.3, -0.25) is 0 Å². The maximum atomic E-state index is 14.3. The van der Waals surface area contributed by atoms with Crippen LogP contribution in [0.25, 0.3) is 0 Å². The summed E-state index contributed by atoms with van der Waals surface area (Å²) in [6.07, 6.45) is 1.25. The molecule has 0 aliphatic heterocycles. The van der Waals surface area contributed by atoms with E-state index in [1.54, 1.807) is 12.1 Å². The maximum absolute atomic E-state index is 14.3. The molecule has 0 unspecified atom stereocenters. The van der Waals surface area contributed by atoms with Crippen LogP contribution in [0, 0.1) is 5.92 Å². The molecule has 1 fully saturated rings. The van der Waals surface area contributed by atoms with Gasteiger partial charge in [-0.15, -0.1) is 0 Å². The van der Waals surface area contributed by atoms with E-state index < -0.39 is 6.11 Å². The van der Waals surface area contributed by atoms with Gasteiger partial charge in [-0.2, -0.15) is 8.78 Å². The Morgan fingerprint density at radius 2 is 1.50 bits per heavy atom. The fourth-order valence-electron chi connectivity index (χ4n) is 3.26. The Kier molecular flexibility index (Phi) is 4.74. The zero-order valence-electron chi connectivity index (χ0n) is 13.7. The molecule has 1 saturated carbocycles. The zero-order valence-corrected chi connectivity index (χ0v) is 13.7. The lowest BCUT2D eigenvalue weighted by Crippen LogP contribution is -2.22. The number of ether oxygens (including phenoxy) is 1. The number of hydrogen-bond donors (Lipinski definition) is 1. The number of aromatic hydroxyl groups is 1. The van der Waals surface area contributed by atoms with Crippen molar-refractivity contribution in [1.82, 2.24) is 0 Å². The van der Waals surface area contributed by atoms with Crippen LogP contribution in [0.1, 0.15) is 49.7 Å². The molecule has 0 spiro atoms. The minimum atomic E-state index is -3.41. The predicted molar refractivity (Wildman–Crippen MR) is 89.4 cm³/mol. The molecule has 0 saturated heterocycles. The van der Waals surface area contributed by atoms with Gasteiger partial charge in [0.25, 0.3) is 0 Å². The van der Waals surface area contributed by atoms with Crippen molar-refractivity contribution in [1.29, 1.82) is 0 Å². The third-order valence-electron chi connectivity index (χ3n) is 4.82. The Labute approximate surface area is 141 Å². The van der Waals surface area contributed by atoms with Gasteiger partial charge >= 0.3 is 6.11 Å². The normalized spacial score (nSPS) is 21.5. The van der Waals surface area contributed by atoms with Gasteiger partial charge in [0.15, 0.2) is 0 Å². The SMILES string of the molecule is CC1CCC(c2ccc(C(F)(F)Oc3ccc(O)cc3)cc2)CC1. The van der Waals surface area contributed by atoms with Crippen molar-refractivity contribution in [2.24, 2.45) is 5.92 Å². The molecule has 4 heteroatoms. The number of benzene rings is 2. The van der Waals surface area contributed by atoms with E-state index in [0.29, 0.717) is 5.92 Å². The molecule has 128 valence electrons. The van der Waals surface area contributed by atoms with Crippen molar-refractivity contribution in [3.8, 4) is 11.5 Å². The molecule has 0 atom stereocenters. The van der Waals surface area contributed by atoms with E-state index in [-0.39, 0.29) is 17.1 Å². The third-order valence-corrected chi connectivity index (χ3v) is 4.82. The van der Waals surface area contributed by atoms with E-state index in [4.69, 9.17) is 4.74 Å². The fraction of sp³-hybridized carbons (Fsp3) is 0.400. The Morgan fingerprint density at radius 3 is 2.08 bits per heavy atom. The summed E-state index contributed by atoms with van der Waals surface area (Å²) in [5.74, 6) is 1.27. The molecule has 2 aromatic carbocycles. The number of phenolic OH excluding ortho intramolecular Hbond substituents is 1. The van der Waals surface area contributed by atoms with Crippen LogP contribution in [0.5, 0.6) is 11.5 Å². The quantitative estimate of drug-likeness (QED) is 0.765.